The average Bonchev–Trinajstić information content (AvgIpc) is 2.67. The molecular weight excluding hydrogens is 388 g/mol. The first-order valence-corrected chi connectivity index (χ1v) is 10.4. The highest BCUT2D eigenvalue weighted by Crippen LogP contribution is 2.30. The van der Waals surface area contributed by atoms with Crippen molar-refractivity contribution in [2.75, 3.05) is 17.7 Å². The summed E-state index contributed by atoms with van der Waals surface area (Å²) >= 11 is 1.30. The number of hydrogen-bond acceptors (Lipinski definition) is 6. The van der Waals surface area contributed by atoms with E-state index in [1.54, 1.807) is 24.3 Å². The van der Waals surface area contributed by atoms with Crippen molar-refractivity contribution in [3.63, 3.8) is 0 Å². The number of hydrogen-bond donors (Lipinski definition) is 2. The number of aliphatic imine (C=N–C) groups is 1. The van der Waals surface area contributed by atoms with E-state index in [0.29, 0.717) is 29.0 Å². The number of ether oxygens (including phenoxy) is 1. The predicted octanol–water partition coefficient (Wildman–Crippen LogP) is 3.60. The van der Waals surface area contributed by atoms with Gasteiger partial charge in [-0.2, -0.15) is 0 Å². The lowest BCUT2D eigenvalue weighted by Gasteiger charge is -2.35. The topological polar surface area (TPSA) is 83.0 Å². The van der Waals surface area contributed by atoms with E-state index in [-0.39, 0.29) is 17.6 Å². The van der Waals surface area contributed by atoms with Gasteiger partial charge in [0.2, 0.25) is 5.91 Å². The van der Waals surface area contributed by atoms with Crippen molar-refractivity contribution in [2.24, 2.45) is 4.99 Å². The largest absolute Gasteiger partial charge is 0.494 e. The fourth-order valence-electron chi connectivity index (χ4n) is 2.94. The van der Waals surface area contributed by atoms with Crippen molar-refractivity contribution < 1.29 is 14.3 Å². The smallest absolute Gasteiger partial charge is 0.251 e. The van der Waals surface area contributed by atoms with Gasteiger partial charge in [-0.3, -0.25) is 14.5 Å². The van der Waals surface area contributed by atoms with Gasteiger partial charge in [0.1, 0.15) is 11.6 Å². The first-order chi connectivity index (χ1) is 14.0. The molecule has 0 spiro atoms. The lowest BCUT2D eigenvalue weighted by molar-refractivity contribution is -0.116. The summed E-state index contributed by atoms with van der Waals surface area (Å²) < 4.78 is 5.40. The van der Waals surface area contributed by atoms with Crippen molar-refractivity contribution in [3.8, 4) is 5.75 Å². The Bertz CT molecular complexity index is 903. The highest BCUT2D eigenvalue weighted by atomic mass is 32.2. The van der Waals surface area contributed by atoms with Crippen molar-refractivity contribution >= 4 is 34.4 Å². The minimum Gasteiger partial charge on any atom is -0.494 e. The molecule has 0 saturated heterocycles. The molecule has 8 heteroatoms. The minimum absolute atomic E-state index is 0.148. The van der Waals surface area contributed by atoms with Crippen molar-refractivity contribution in [1.82, 2.24) is 10.2 Å². The van der Waals surface area contributed by atoms with Crippen molar-refractivity contribution in [1.29, 1.82) is 0 Å². The van der Waals surface area contributed by atoms with E-state index in [9.17, 15) is 9.59 Å². The summed E-state index contributed by atoms with van der Waals surface area (Å²) in [4.78, 5) is 30.7. The second-order valence-corrected chi connectivity index (χ2v) is 7.36. The number of amides is 2. The first kappa shape index (κ1) is 20.7. The number of carbonyl (C=O) groups excluding carboxylic acids is 2. The molecule has 0 unspecified atom stereocenters. The van der Waals surface area contributed by atoms with Crippen LogP contribution < -0.4 is 15.4 Å². The number of carbonyl (C=O) groups is 2. The molecule has 152 valence electrons. The normalized spacial score (nSPS) is 15.7. The Kier molecular flexibility index (Phi) is 6.77. The summed E-state index contributed by atoms with van der Waals surface area (Å²) in [6.07, 6.45) is 4.92. The monoisotopic (exact) mass is 412 g/mol. The molecule has 2 heterocycles. The highest BCUT2D eigenvalue weighted by molar-refractivity contribution is 8.14. The molecule has 3 rings (SSSR count). The van der Waals surface area contributed by atoms with Crippen LogP contribution in [0.15, 0.2) is 65.2 Å². The third-order valence-electron chi connectivity index (χ3n) is 4.10. The number of nitrogens with one attached hydrogen (secondary N) is 2. The third kappa shape index (κ3) is 5.29. The van der Waals surface area contributed by atoms with E-state index in [1.165, 1.54) is 11.8 Å². The molecule has 0 atom stereocenters. The quantitative estimate of drug-likeness (QED) is 0.715. The minimum atomic E-state index is -0.164. The number of rotatable bonds is 7. The molecule has 0 bridgehead atoms. The molecule has 7 nitrogen and oxygen atoms in total. The number of benzene rings is 1. The maximum Gasteiger partial charge on any atom is 0.251 e. The van der Waals surface area contributed by atoms with Crippen LogP contribution in [0.3, 0.4) is 0 Å². The van der Waals surface area contributed by atoms with Gasteiger partial charge in [-0.15, -0.1) is 0 Å². The molecule has 2 aliphatic rings. The zero-order valence-electron chi connectivity index (χ0n) is 16.5. The van der Waals surface area contributed by atoms with Crippen LogP contribution in [-0.4, -0.2) is 34.2 Å². The first-order valence-electron chi connectivity index (χ1n) is 9.46. The number of nitrogens with zero attached hydrogens (tertiary/aromatic N) is 2. The van der Waals surface area contributed by atoms with Crippen LogP contribution in [0.25, 0.3) is 0 Å². The highest BCUT2D eigenvalue weighted by Gasteiger charge is 2.29. The van der Waals surface area contributed by atoms with E-state index in [2.05, 4.69) is 22.2 Å². The Hall–Kier alpha value is -3.00. The summed E-state index contributed by atoms with van der Waals surface area (Å²) in [5.74, 6) is 1.25. The fraction of sp³-hybridized carbons (Fsp3) is 0.286. The lowest BCUT2D eigenvalue weighted by atomic mass is 10.1. The van der Waals surface area contributed by atoms with E-state index in [0.717, 1.165) is 24.3 Å². The Morgan fingerprint density at radius 3 is 2.72 bits per heavy atom. The van der Waals surface area contributed by atoms with E-state index in [4.69, 9.17) is 4.74 Å². The van der Waals surface area contributed by atoms with Crippen LogP contribution in [-0.2, 0) is 9.59 Å². The van der Waals surface area contributed by atoms with Crippen molar-refractivity contribution in [2.45, 2.75) is 26.7 Å². The van der Waals surface area contributed by atoms with Crippen LogP contribution >= 0.6 is 11.8 Å². The molecule has 2 N–H and O–H groups in total. The van der Waals surface area contributed by atoms with Crippen LogP contribution in [0.5, 0.6) is 5.75 Å². The summed E-state index contributed by atoms with van der Waals surface area (Å²) in [5, 5.41) is 6.30. The zero-order chi connectivity index (χ0) is 20.8. The van der Waals surface area contributed by atoms with Crippen LogP contribution in [0.2, 0.25) is 0 Å². The van der Waals surface area contributed by atoms with E-state index < -0.39 is 0 Å². The molecule has 0 saturated carbocycles. The average molecular weight is 413 g/mol. The Morgan fingerprint density at radius 1 is 1.28 bits per heavy atom. The Labute approximate surface area is 174 Å². The molecule has 2 amide bonds. The number of allylic oxidation sites excluding steroid dienone is 2. The van der Waals surface area contributed by atoms with Crippen LogP contribution in [0, 0.1) is 0 Å². The Balaban J connectivity index is 1.65. The number of thioether (sulfide) groups is 1. The van der Waals surface area contributed by atoms with Gasteiger partial charge in [-0.1, -0.05) is 31.7 Å². The molecule has 1 aromatic carbocycles. The summed E-state index contributed by atoms with van der Waals surface area (Å²) in [6.45, 7) is 8.45. The molecule has 0 fully saturated rings. The molecular formula is C21H24N4O3S. The maximum atomic E-state index is 12.4. The third-order valence-corrected chi connectivity index (χ3v) is 5.04. The summed E-state index contributed by atoms with van der Waals surface area (Å²) in [6, 6.07) is 7.24. The molecule has 0 aliphatic carbocycles. The lowest BCUT2D eigenvalue weighted by Crippen LogP contribution is -2.43. The summed E-state index contributed by atoms with van der Waals surface area (Å²) in [5.41, 5.74) is 2.09. The summed E-state index contributed by atoms with van der Waals surface area (Å²) in [7, 11) is 0. The van der Waals surface area contributed by atoms with Gasteiger partial charge in [-0.05, 0) is 37.6 Å². The van der Waals surface area contributed by atoms with Gasteiger partial charge in [0.25, 0.3) is 5.91 Å². The zero-order valence-corrected chi connectivity index (χ0v) is 17.3. The fourth-order valence-corrected chi connectivity index (χ4v) is 3.80. The molecule has 2 aliphatic heterocycles. The van der Waals surface area contributed by atoms with Gasteiger partial charge in [-0.25, -0.2) is 4.99 Å². The second-order valence-electron chi connectivity index (χ2n) is 6.42. The van der Waals surface area contributed by atoms with Gasteiger partial charge >= 0.3 is 0 Å². The molecule has 0 aromatic heterocycles. The van der Waals surface area contributed by atoms with Gasteiger partial charge < -0.3 is 15.4 Å². The predicted molar refractivity (Wildman–Crippen MR) is 116 cm³/mol. The van der Waals surface area contributed by atoms with Gasteiger partial charge in [0.15, 0.2) is 5.17 Å². The van der Waals surface area contributed by atoms with Crippen LogP contribution in [0.1, 0.15) is 26.7 Å². The van der Waals surface area contributed by atoms with Gasteiger partial charge in [0, 0.05) is 23.5 Å². The molecule has 0 radical (unpaired) electrons. The van der Waals surface area contributed by atoms with Crippen molar-refractivity contribution in [3.05, 3.63) is 60.2 Å². The SMILES string of the molecule is C=C1C=C2NC(=O)C=C(CCC)N2C(SCC(=O)Nc2ccc(OCC)cc2)=N1. The number of fused-ring (bicyclic) bond motifs is 1. The standard InChI is InChI=1S/C21H24N4O3S/c1-4-6-16-12-19(26)24-18-11-14(3)22-21(25(16)18)29-13-20(27)23-15-7-9-17(10-8-15)28-5-2/h7-12H,3-6,13H2,1-2H3,(H,23,27)(H,24,26). The second kappa shape index (κ2) is 9.47. The van der Waals surface area contributed by atoms with E-state index >= 15 is 0 Å². The maximum absolute atomic E-state index is 12.4. The van der Waals surface area contributed by atoms with Gasteiger partial charge in [0.05, 0.1) is 18.1 Å². The number of anilines is 1. The molecule has 29 heavy (non-hydrogen) atoms. The van der Waals surface area contributed by atoms with E-state index in [1.807, 2.05) is 30.9 Å². The van der Waals surface area contributed by atoms with Crippen LogP contribution in [0.4, 0.5) is 5.69 Å². The Morgan fingerprint density at radius 2 is 2.03 bits per heavy atom. The molecule has 1 aromatic rings. The number of amidine groups is 1.